The van der Waals surface area contributed by atoms with Crippen molar-refractivity contribution in [3.63, 3.8) is 0 Å². The van der Waals surface area contributed by atoms with Crippen LogP contribution >= 0.6 is 0 Å². The van der Waals surface area contributed by atoms with Crippen molar-refractivity contribution in [1.29, 1.82) is 0 Å². The fourth-order valence-electron chi connectivity index (χ4n) is 3.17. The summed E-state index contributed by atoms with van der Waals surface area (Å²) in [6.45, 7) is 17.8. The number of carbonyl (C=O) groups is 1. The molecule has 0 spiro atoms. The highest BCUT2D eigenvalue weighted by atomic mass is 16.6. The molecule has 0 radical (unpaired) electrons. The standard InChI is InChI=1S/C18H36N2O3/c1-13(12-20(9)15(21)22-16(2,3)4)11-19-14-10-17(5,6)23-18(14,7)8/h13-14,19H,10-12H2,1-9H3. The van der Waals surface area contributed by atoms with Gasteiger partial charge in [-0.25, -0.2) is 4.79 Å². The minimum atomic E-state index is -0.455. The molecular formula is C18H36N2O3. The number of nitrogens with zero attached hydrogens (tertiary/aromatic N) is 1. The lowest BCUT2D eigenvalue weighted by atomic mass is 9.94. The molecule has 1 aliphatic rings. The van der Waals surface area contributed by atoms with Crippen LogP contribution in [0.15, 0.2) is 0 Å². The Morgan fingerprint density at radius 2 is 1.91 bits per heavy atom. The maximum atomic E-state index is 12.0. The van der Waals surface area contributed by atoms with Crippen LogP contribution in [-0.2, 0) is 9.47 Å². The van der Waals surface area contributed by atoms with E-state index in [2.05, 4.69) is 39.9 Å². The van der Waals surface area contributed by atoms with Crippen LogP contribution in [0.5, 0.6) is 0 Å². The zero-order chi connectivity index (χ0) is 18.1. The summed E-state index contributed by atoms with van der Waals surface area (Å²) in [5.41, 5.74) is -0.707. The molecule has 2 unspecified atom stereocenters. The van der Waals surface area contributed by atoms with Crippen LogP contribution in [0.25, 0.3) is 0 Å². The number of amides is 1. The van der Waals surface area contributed by atoms with Crippen LogP contribution in [-0.4, -0.2) is 54.0 Å². The van der Waals surface area contributed by atoms with E-state index in [9.17, 15) is 4.79 Å². The molecule has 1 rings (SSSR count). The molecule has 0 saturated carbocycles. The first-order valence-electron chi connectivity index (χ1n) is 8.59. The Balaban J connectivity index is 2.43. The van der Waals surface area contributed by atoms with Gasteiger partial charge < -0.3 is 19.7 Å². The molecule has 0 bridgehead atoms. The molecule has 0 aromatic rings. The first-order chi connectivity index (χ1) is 10.2. The summed E-state index contributed by atoms with van der Waals surface area (Å²) in [5, 5.41) is 3.62. The van der Waals surface area contributed by atoms with Crippen molar-refractivity contribution < 1.29 is 14.3 Å². The predicted octanol–water partition coefficient (Wildman–Crippen LogP) is 3.43. The van der Waals surface area contributed by atoms with Crippen molar-refractivity contribution >= 4 is 6.09 Å². The van der Waals surface area contributed by atoms with Gasteiger partial charge in [0.25, 0.3) is 0 Å². The summed E-state index contributed by atoms with van der Waals surface area (Å²) < 4.78 is 11.5. The topological polar surface area (TPSA) is 50.8 Å². The van der Waals surface area contributed by atoms with E-state index >= 15 is 0 Å². The lowest BCUT2D eigenvalue weighted by Crippen LogP contribution is -2.46. The predicted molar refractivity (Wildman–Crippen MR) is 93.7 cm³/mol. The minimum absolute atomic E-state index is 0.0856. The SMILES string of the molecule is CC(CNC1CC(C)(C)OC1(C)C)CN(C)C(=O)OC(C)(C)C. The zero-order valence-corrected chi connectivity index (χ0v) is 16.4. The highest BCUT2D eigenvalue weighted by Gasteiger charge is 2.45. The van der Waals surface area contributed by atoms with Crippen molar-refractivity contribution in [2.75, 3.05) is 20.1 Å². The molecule has 0 aromatic carbocycles. The number of ether oxygens (including phenoxy) is 2. The van der Waals surface area contributed by atoms with Crippen LogP contribution < -0.4 is 5.32 Å². The average Bonchev–Trinajstić information content (AvgIpc) is 2.51. The highest BCUT2D eigenvalue weighted by molar-refractivity contribution is 5.67. The van der Waals surface area contributed by atoms with Crippen molar-refractivity contribution in [2.45, 2.75) is 84.7 Å². The van der Waals surface area contributed by atoms with Gasteiger partial charge in [0.2, 0.25) is 0 Å². The smallest absolute Gasteiger partial charge is 0.410 e. The lowest BCUT2D eigenvalue weighted by Gasteiger charge is -2.30. The molecule has 1 N–H and O–H groups in total. The Hall–Kier alpha value is -0.810. The fourth-order valence-corrected chi connectivity index (χ4v) is 3.17. The Kier molecular flexibility index (Phi) is 6.14. The van der Waals surface area contributed by atoms with E-state index in [1.54, 1.807) is 11.9 Å². The van der Waals surface area contributed by atoms with Crippen molar-refractivity contribution in [3.8, 4) is 0 Å². The Labute approximate surface area is 142 Å². The second-order valence-corrected chi connectivity index (χ2v) is 9.10. The van der Waals surface area contributed by atoms with E-state index in [-0.39, 0.29) is 17.3 Å². The molecule has 1 amide bonds. The minimum Gasteiger partial charge on any atom is -0.444 e. The van der Waals surface area contributed by atoms with E-state index in [1.165, 1.54) is 0 Å². The Bertz CT molecular complexity index is 413. The third-order valence-corrected chi connectivity index (χ3v) is 4.08. The molecule has 1 saturated heterocycles. The van der Waals surface area contributed by atoms with Gasteiger partial charge in [-0.05, 0) is 67.3 Å². The molecule has 1 heterocycles. The third-order valence-electron chi connectivity index (χ3n) is 4.08. The quantitative estimate of drug-likeness (QED) is 0.840. The summed E-state index contributed by atoms with van der Waals surface area (Å²) in [5.74, 6) is 0.340. The van der Waals surface area contributed by atoms with Crippen LogP contribution in [0.1, 0.15) is 61.8 Å². The number of rotatable bonds is 5. The van der Waals surface area contributed by atoms with Gasteiger partial charge in [-0.15, -0.1) is 0 Å². The summed E-state index contributed by atoms with van der Waals surface area (Å²) in [7, 11) is 1.79. The molecule has 0 aliphatic carbocycles. The van der Waals surface area contributed by atoms with E-state index in [4.69, 9.17) is 9.47 Å². The normalized spacial score (nSPS) is 24.3. The molecule has 5 heteroatoms. The van der Waals surface area contributed by atoms with Gasteiger partial charge in [0.15, 0.2) is 0 Å². The van der Waals surface area contributed by atoms with Gasteiger partial charge in [0, 0.05) is 19.6 Å². The van der Waals surface area contributed by atoms with Crippen molar-refractivity contribution in [1.82, 2.24) is 10.2 Å². The fraction of sp³-hybridized carbons (Fsp3) is 0.944. The number of hydrogen-bond donors (Lipinski definition) is 1. The van der Waals surface area contributed by atoms with Crippen LogP contribution in [0.3, 0.4) is 0 Å². The molecule has 136 valence electrons. The molecule has 5 nitrogen and oxygen atoms in total. The molecular weight excluding hydrogens is 292 g/mol. The van der Waals surface area contributed by atoms with Crippen LogP contribution in [0.2, 0.25) is 0 Å². The lowest BCUT2D eigenvalue weighted by molar-refractivity contribution is -0.0700. The third kappa shape index (κ3) is 6.68. The summed E-state index contributed by atoms with van der Waals surface area (Å²) >= 11 is 0. The van der Waals surface area contributed by atoms with E-state index in [1.807, 2.05) is 20.8 Å². The van der Waals surface area contributed by atoms with Crippen LogP contribution in [0.4, 0.5) is 4.79 Å². The van der Waals surface area contributed by atoms with E-state index in [0.29, 0.717) is 18.5 Å². The molecule has 23 heavy (non-hydrogen) atoms. The zero-order valence-electron chi connectivity index (χ0n) is 16.4. The van der Waals surface area contributed by atoms with Gasteiger partial charge in [-0.1, -0.05) is 6.92 Å². The van der Waals surface area contributed by atoms with Gasteiger partial charge in [-0.2, -0.15) is 0 Å². The van der Waals surface area contributed by atoms with Crippen LogP contribution in [0, 0.1) is 5.92 Å². The van der Waals surface area contributed by atoms with Gasteiger partial charge in [0.05, 0.1) is 11.2 Å². The largest absolute Gasteiger partial charge is 0.444 e. The van der Waals surface area contributed by atoms with Gasteiger partial charge in [0.1, 0.15) is 5.60 Å². The summed E-state index contributed by atoms with van der Waals surface area (Å²) in [6.07, 6.45) is 0.726. The highest BCUT2D eigenvalue weighted by Crippen LogP contribution is 2.37. The van der Waals surface area contributed by atoms with Gasteiger partial charge in [-0.3, -0.25) is 0 Å². The monoisotopic (exact) mass is 328 g/mol. The number of hydrogen-bond acceptors (Lipinski definition) is 4. The molecule has 0 aromatic heterocycles. The maximum Gasteiger partial charge on any atom is 0.410 e. The van der Waals surface area contributed by atoms with Crippen molar-refractivity contribution in [3.05, 3.63) is 0 Å². The molecule has 1 fully saturated rings. The van der Waals surface area contributed by atoms with E-state index < -0.39 is 5.60 Å². The first-order valence-corrected chi connectivity index (χ1v) is 8.59. The van der Waals surface area contributed by atoms with Gasteiger partial charge >= 0.3 is 6.09 Å². The Morgan fingerprint density at radius 3 is 2.35 bits per heavy atom. The second kappa shape index (κ2) is 6.98. The second-order valence-electron chi connectivity index (χ2n) is 9.10. The number of nitrogens with one attached hydrogen (secondary N) is 1. The van der Waals surface area contributed by atoms with Crippen molar-refractivity contribution in [2.24, 2.45) is 5.92 Å². The summed E-state index contributed by atoms with van der Waals surface area (Å²) in [4.78, 5) is 13.7. The Morgan fingerprint density at radius 1 is 1.35 bits per heavy atom. The molecule has 1 aliphatic heterocycles. The first kappa shape index (κ1) is 20.2. The number of carbonyl (C=O) groups excluding carboxylic acids is 1. The molecule has 2 atom stereocenters. The summed E-state index contributed by atoms with van der Waals surface area (Å²) in [6, 6.07) is 0.326. The van der Waals surface area contributed by atoms with E-state index in [0.717, 1.165) is 13.0 Å². The maximum absolute atomic E-state index is 12.0. The average molecular weight is 328 g/mol.